The van der Waals surface area contributed by atoms with Crippen molar-refractivity contribution in [1.82, 2.24) is 10.3 Å². The minimum atomic E-state index is -0.292. The Morgan fingerprint density at radius 3 is 2.33 bits per heavy atom. The Kier molecular flexibility index (Phi) is 5.56. The van der Waals surface area contributed by atoms with E-state index in [9.17, 15) is 9.59 Å². The topological polar surface area (TPSA) is 96.3 Å². The summed E-state index contributed by atoms with van der Waals surface area (Å²) >= 11 is 1.40. The van der Waals surface area contributed by atoms with Gasteiger partial charge in [0.2, 0.25) is 0 Å². The number of furan rings is 1. The van der Waals surface area contributed by atoms with Crippen LogP contribution in [0, 0.1) is 6.92 Å². The molecule has 0 saturated carbocycles. The summed E-state index contributed by atoms with van der Waals surface area (Å²) in [6, 6.07) is 10.2. The van der Waals surface area contributed by atoms with E-state index in [0.29, 0.717) is 27.8 Å². The summed E-state index contributed by atoms with van der Waals surface area (Å²) in [5.41, 5.74) is 1.61. The molecule has 3 amide bonds. The van der Waals surface area contributed by atoms with Crippen LogP contribution in [0.3, 0.4) is 0 Å². The fourth-order valence-electron chi connectivity index (χ4n) is 2.37. The van der Waals surface area contributed by atoms with Crippen LogP contribution < -0.4 is 16.0 Å². The van der Waals surface area contributed by atoms with Crippen molar-refractivity contribution in [2.24, 2.45) is 0 Å². The minimum Gasteiger partial charge on any atom is -0.462 e. The van der Waals surface area contributed by atoms with Crippen molar-refractivity contribution in [2.45, 2.75) is 26.8 Å². The average molecular weight is 384 g/mol. The summed E-state index contributed by atoms with van der Waals surface area (Å²) in [5.74, 6) is 0.345. The third-order valence-electron chi connectivity index (χ3n) is 3.56. The van der Waals surface area contributed by atoms with Crippen LogP contribution in [-0.4, -0.2) is 23.0 Å². The average Bonchev–Trinajstić information content (AvgIpc) is 3.25. The van der Waals surface area contributed by atoms with Gasteiger partial charge in [-0.15, -0.1) is 11.3 Å². The molecular weight excluding hydrogens is 364 g/mol. The number of benzene rings is 1. The maximum absolute atomic E-state index is 12.5. The molecule has 1 aromatic carbocycles. The fourth-order valence-corrected chi connectivity index (χ4v) is 3.25. The number of hydrogen-bond acceptors (Lipinski definition) is 5. The molecule has 0 saturated heterocycles. The molecule has 0 aliphatic rings. The molecule has 140 valence electrons. The Morgan fingerprint density at radius 2 is 1.74 bits per heavy atom. The number of carbonyl (C=O) groups excluding carboxylic acids is 2. The second-order valence-corrected chi connectivity index (χ2v) is 7.39. The Morgan fingerprint density at radius 1 is 1.07 bits per heavy atom. The molecule has 3 aromatic rings. The van der Waals surface area contributed by atoms with Gasteiger partial charge in [-0.25, -0.2) is 9.78 Å². The first-order valence-corrected chi connectivity index (χ1v) is 9.24. The summed E-state index contributed by atoms with van der Waals surface area (Å²) in [5, 5.41) is 8.96. The zero-order valence-electron chi connectivity index (χ0n) is 15.2. The molecule has 0 spiro atoms. The number of aromatic nitrogens is 1. The van der Waals surface area contributed by atoms with Gasteiger partial charge in [-0.1, -0.05) is 0 Å². The first kappa shape index (κ1) is 18.7. The van der Waals surface area contributed by atoms with E-state index >= 15 is 0 Å². The highest BCUT2D eigenvalue weighted by Gasteiger charge is 2.17. The number of anilines is 2. The highest BCUT2D eigenvalue weighted by molar-refractivity contribution is 7.15. The molecule has 3 N–H and O–H groups in total. The molecule has 3 rings (SSSR count). The van der Waals surface area contributed by atoms with E-state index in [-0.39, 0.29) is 18.0 Å². The third-order valence-corrected chi connectivity index (χ3v) is 4.55. The second kappa shape index (κ2) is 8.05. The third kappa shape index (κ3) is 4.73. The van der Waals surface area contributed by atoms with Gasteiger partial charge in [-0.3, -0.25) is 4.79 Å². The van der Waals surface area contributed by atoms with E-state index < -0.39 is 0 Å². The predicted molar refractivity (Wildman–Crippen MR) is 106 cm³/mol. The summed E-state index contributed by atoms with van der Waals surface area (Å²) in [6.45, 7) is 5.62. The molecule has 2 aromatic heterocycles. The van der Waals surface area contributed by atoms with Crippen molar-refractivity contribution in [3.8, 4) is 10.8 Å². The molecule has 8 heteroatoms. The molecule has 0 atom stereocenters. The molecule has 0 aliphatic heterocycles. The van der Waals surface area contributed by atoms with Crippen molar-refractivity contribution >= 4 is 34.6 Å². The normalized spacial score (nSPS) is 10.7. The van der Waals surface area contributed by atoms with Gasteiger partial charge >= 0.3 is 6.03 Å². The maximum atomic E-state index is 12.5. The summed E-state index contributed by atoms with van der Waals surface area (Å²) < 4.78 is 5.33. The number of thiazole rings is 1. The van der Waals surface area contributed by atoms with Crippen LogP contribution in [0.1, 0.15) is 29.2 Å². The summed E-state index contributed by atoms with van der Waals surface area (Å²) in [6.07, 6.45) is 1.57. The van der Waals surface area contributed by atoms with E-state index in [1.54, 1.807) is 42.7 Å². The van der Waals surface area contributed by atoms with Crippen LogP contribution in [0.4, 0.5) is 16.2 Å². The Hall–Kier alpha value is -3.13. The monoisotopic (exact) mass is 384 g/mol. The van der Waals surface area contributed by atoms with Crippen molar-refractivity contribution < 1.29 is 14.0 Å². The van der Waals surface area contributed by atoms with Crippen LogP contribution in [-0.2, 0) is 0 Å². The van der Waals surface area contributed by atoms with Gasteiger partial charge in [0.05, 0.1) is 6.26 Å². The quantitative estimate of drug-likeness (QED) is 0.604. The van der Waals surface area contributed by atoms with Crippen LogP contribution in [0.2, 0.25) is 0 Å². The van der Waals surface area contributed by atoms with E-state index in [1.807, 2.05) is 20.8 Å². The summed E-state index contributed by atoms with van der Waals surface area (Å²) in [7, 11) is 0. The zero-order valence-corrected chi connectivity index (χ0v) is 16.0. The lowest BCUT2D eigenvalue weighted by molar-refractivity contribution is 0.102. The van der Waals surface area contributed by atoms with Gasteiger partial charge in [-0.2, -0.15) is 0 Å². The van der Waals surface area contributed by atoms with Gasteiger partial charge in [-0.05, 0) is 57.2 Å². The predicted octanol–water partition coefficient (Wildman–Crippen LogP) is 4.49. The van der Waals surface area contributed by atoms with Crippen molar-refractivity contribution in [3.63, 3.8) is 0 Å². The van der Waals surface area contributed by atoms with E-state index in [2.05, 4.69) is 20.9 Å². The van der Waals surface area contributed by atoms with E-state index in [4.69, 9.17) is 4.42 Å². The lowest BCUT2D eigenvalue weighted by Gasteiger charge is -2.10. The van der Waals surface area contributed by atoms with Crippen molar-refractivity contribution in [3.05, 3.63) is 53.2 Å². The van der Waals surface area contributed by atoms with Crippen LogP contribution in [0.15, 0.2) is 47.1 Å². The minimum absolute atomic E-state index is 0.0518. The molecular formula is C19H20N4O3S. The number of aryl methyl sites for hydroxylation is 1. The second-order valence-electron chi connectivity index (χ2n) is 6.19. The molecule has 27 heavy (non-hydrogen) atoms. The van der Waals surface area contributed by atoms with Crippen molar-refractivity contribution in [1.29, 1.82) is 0 Å². The van der Waals surface area contributed by atoms with Gasteiger partial charge in [0.25, 0.3) is 5.91 Å². The number of carbonyl (C=O) groups is 2. The van der Waals surface area contributed by atoms with Crippen LogP contribution in [0.25, 0.3) is 10.8 Å². The first-order valence-electron chi connectivity index (χ1n) is 8.42. The Labute approximate surface area is 160 Å². The number of urea groups is 1. The smallest absolute Gasteiger partial charge is 0.319 e. The SMILES string of the molecule is Cc1sc(-c2ccco2)nc1C(=O)Nc1ccc(NC(=O)NC(C)C)cc1. The van der Waals surface area contributed by atoms with Gasteiger partial charge < -0.3 is 20.4 Å². The van der Waals surface area contributed by atoms with E-state index in [0.717, 1.165) is 4.88 Å². The van der Waals surface area contributed by atoms with Crippen LogP contribution >= 0.6 is 11.3 Å². The molecule has 7 nitrogen and oxygen atoms in total. The number of rotatable bonds is 5. The number of amides is 3. The number of nitrogens with one attached hydrogen (secondary N) is 3. The molecule has 0 bridgehead atoms. The van der Waals surface area contributed by atoms with Gasteiger partial charge in [0.15, 0.2) is 10.8 Å². The largest absolute Gasteiger partial charge is 0.462 e. The zero-order chi connectivity index (χ0) is 19.4. The lowest BCUT2D eigenvalue weighted by atomic mass is 10.2. The Balaban J connectivity index is 1.65. The maximum Gasteiger partial charge on any atom is 0.319 e. The number of hydrogen-bond donors (Lipinski definition) is 3. The molecule has 0 fully saturated rings. The first-order chi connectivity index (χ1) is 12.9. The molecule has 0 aliphatic carbocycles. The molecule has 0 unspecified atom stereocenters. The highest BCUT2D eigenvalue weighted by atomic mass is 32.1. The van der Waals surface area contributed by atoms with E-state index in [1.165, 1.54) is 11.3 Å². The lowest BCUT2D eigenvalue weighted by Crippen LogP contribution is -2.34. The number of nitrogens with zero attached hydrogens (tertiary/aromatic N) is 1. The molecule has 2 heterocycles. The van der Waals surface area contributed by atoms with Crippen LogP contribution in [0.5, 0.6) is 0 Å². The van der Waals surface area contributed by atoms with Crippen molar-refractivity contribution in [2.75, 3.05) is 10.6 Å². The molecule has 0 radical (unpaired) electrons. The fraction of sp³-hybridized carbons (Fsp3) is 0.211. The summed E-state index contributed by atoms with van der Waals surface area (Å²) in [4.78, 5) is 29.4. The van der Waals surface area contributed by atoms with Gasteiger partial charge in [0, 0.05) is 22.3 Å². The highest BCUT2D eigenvalue weighted by Crippen LogP contribution is 2.28. The van der Waals surface area contributed by atoms with Gasteiger partial charge in [0.1, 0.15) is 5.69 Å². The Bertz CT molecular complexity index is 931. The standard InChI is InChI=1S/C19H20N4O3S/c1-11(2)20-19(25)22-14-8-6-13(7-9-14)21-17(24)16-12(3)27-18(23-16)15-5-4-10-26-15/h4-11H,1-3H3,(H,21,24)(H2,20,22,25).